The molecule has 26 heavy (non-hydrogen) atoms. The van der Waals surface area contributed by atoms with E-state index in [0.29, 0.717) is 4.47 Å². The van der Waals surface area contributed by atoms with Crippen LogP contribution < -0.4 is 4.74 Å². The van der Waals surface area contributed by atoms with Crippen LogP contribution in [-0.2, 0) is 10.4 Å². The molecule has 3 rings (SSSR count). The van der Waals surface area contributed by atoms with Crippen molar-refractivity contribution in [3.63, 3.8) is 0 Å². The zero-order chi connectivity index (χ0) is 19.4. The minimum atomic E-state index is -2.08. The van der Waals surface area contributed by atoms with Crippen LogP contribution in [0.1, 0.15) is 31.9 Å². The quantitative estimate of drug-likeness (QED) is 0.655. The Morgan fingerprint density at radius 2 is 2.00 bits per heavy atom. The van der Waals surface area contributed by atoms with Gasteiger partial charge in [0.2, 0.25) is 0 Å². The van der Waals surface area contributed by atoms with E-state index in [1.807, 2.05) is 0 Å². The van der Waals surface area contributed by atoms with E-state index in [1.165, 1.54) is 12.1 Å². The number of aliphatic hydroxyl groups is 1. The normalized spacial score (nSPS) is 20.0. The number of aromatic nitrogens is 1. The lowest BCUT2D eigenvalue weighted by atomic mass is 9.64. The summed E-state index contributed by atoms with van der Waals surface area (Å²) < 4.78 is 20.6. The molecule has 0 bridgehead atoms. The van der Waals surface area contributed by atoms with Crippen LogP contribution in [0, 0.1) is 17.3 Å². The molecule has 0 aliphatic carbocycles. The van der Waals surface area contributed by atoms with Crippen molar-refractivity contribution in [2.75, 3.05) is 0 Å². The molecule has 138 valence electrons. The first-order chi connectivity index (χ1) is 12.0. The molecule has 2 atom stereocenters. The first-order valence-corrected chi connectivity index (χ1v) is 8.93. The molecule has 0 saturated heterocycles. The Bertz CT molecular complexity index is 915. The summed E-state index contributed by atoms with van der Waals surface area (Å²) in [7, 11) is 0. The average molecular weight is 445 g/mol. The molecule has 0 spiro atoms. The Balaban J connectivity index is 2.44. The zero-order valence-electron chi connectivity index (χ0n) is 14.2. The van der Waals surface area contributed by atoms with Gasteiger partial charge in [0.05, 0.1) is 5.92 Å². The number of carboxylic acids is 1. The Labute approximate surface area is 162 Å². The van der Waals surface area contributed by atoms with Crippen LogP contribution in [0.25, 0.3) is 0 Å². The van der Waals surface area contributed by atoms with Crippen molar-refractivity contribution in [3.05, 3.63) is 51.0 Å². The molecule has 0 fully saturated rings. The molecule has 2 aromatic rings. The van der Waals surface area contributed by atoms with E-state index in [-0.39, 0.29) is 27.8 Å². The summed E-state index contributed by atoms with van der Waals surface area (Å²) in [5.74, 6) is -3.74. The molecule has 1 aliphatic heterocycles. The number of nitrogens with zero attached hydrogens (tertiary/aromatic N) is 1. The predicted octanol–water partition coefficient (Wildman–Crippen LogP) is 4.73. The van der Waals surface area contributed by atoms with E-state index >= 15 is 0 Å². The molecule has 1 aromatic heterocycles. The smallest absolute Gasteiger partial charge is 0.310 e. The number of hydrogen-bond acceptors (Lipinski definition) is 4. The monoisotopic (exact) mass is 443 g/mol. The fraction of sp³-hybridized carbons (Fsp3) is 0.333. The van der Waals surface area contributed by atoms with Gasteiger partial charge in [-0.05, 0) is 29.7 Å². The van der Waals surface area contributed by atoms with Gasteiger partial charge in [-0.25, -0.2) is 4.98 Å². The third-order valence-corrected chi connectivity index (χ3v) is 5.09. The second-order valence-corrected chi connectivity index (χ2v) is 8.56. The second kappa shape index (κ2) is 6.18. The lowest BCUT2D eigenvalue weighted by Crippen LogP contribution is -2.49. The van der Waals surface area contributed by atoms with Crippen LogP contribution in [0.5, 0.6) is 11.5 Å². The Morgan fingerprint density at radius 3 is 2.58 bits per heavy atom. The number of hydrogen-bond donors (Lipinski definition) is 2. The molecule has 5 nitrogen and oxygen atoms in total. The first kappa shape index (κ1) is 19.1. The van der Waals surface area contributed by atoms with E-state index < -0.39 is 28.9 Å². The molecule has 8 heteroatoms. The topological polar surface area (TPSA) is 79.7 Å². The maximum atomic E-state index is 14.4. The summed E-state index contributed by atoms with van der Waals surface area (Å²) in [6.07, 6.45) is 0. The van der Waals surface area contributed by atoms with E-state index in [0.717, 1.165) is 0 Å². The molecular formula is C18H16BrClFNO4. The Hall–Kier alpha value is -1.70. The van der Waals surface area contributed by atoms with Crippen LogP contribution in [0.4, 0.5) is 4.39 Å². The third-order valence-electron chi connectivity index (χ3n) is 4.41. The number of aliphatic carboxylic acids is 1. The number of halogens is 3. The van der Waals surface area contributed by atoms with Crippen molar-refractivity contribution >= 4 is 33.5 Å². The number of rotatable bonds is 2. The minimum absolute atomic E-state index is 0.0667. The number of carboxylic acid groups (broad SMARTS) is 1. The van der Waals surface area contributed by atoms with Gasteiger partial charge in [-0.15, -0.1) is 0 Å². The molecule has 0 amide bonds. The van der Waals surface area contributed by atoms with Crippen molar-refractivity contribution in [2.24, 2.45) is 11.3 Å². The van der Waals surface area contributed by atoms with Crippen molar-refractivity contribution in [1.29, 1.82) is 0 Å². The molecule has 2 unspecified atom stereocenters. The van der Waals surface area contributed by atoms with Crippen LogP contribution in [-0.4, -0.2) is 21.2 Å². The maximum Gasteiger partial charge on any atom is 0.310 e. The first-order valence-electron chi connectivity index (χ1n) is 7.76. The summed E-state index contributed by atoms with van der Waals surface area (Å²) in [5, 5.41) is 21.5. The molecular weight excluding hydrogens is 429 g/mol. The fourth-order valence-electron chi connectivity index (χ4n) is 3.48. The van der Waals surface area contributed by atoms with Gasteiger partial charge in [-0.1, -0.05) is 48.3 Å². The average Bonchev–Trinajstić information content (AvgIpc) is 2.48. The van der Waals surface area contributed by atoms with Crippen LogP contribution >= 0.6 is 27.5 Å². The number of benzene rings is 1. The summed E-state index contributed by atoms with van der Waals surface area (Å²) in [6, 6.07) is 5.99. The van der Waals surface area contributed by atoms with Crippen molar-refractivity contribution in [3.8, 4) is 11.5 Å². The lowest BCUT2D eigenvalue weighted by Gasteiger charge is -2.44. The molecule has 0 saturated carbocycles. The molecule has 0 radical (unpaired) electrons. The highest BCUT2D eigenvalue weighted by molar-refractivity contribution is 9.10. The third kappa shape index (κ3) is 2.88. The van der Waals surface area contributed by atoms with Gasteiger partial charge >= 0.3 is 5.97 Å². The van der Waals surface area contributed by atoms with Crippen LogP contribution in [0.15, 0.2) is 28.7 Å². The molecule has 1 aliphatic rings. The largest absolute Gasteiger partial charge is 0.481 e. The van der Waals surface area contributed by atoms with Gasteiger partial charge in [-0.2, -0.15) is 4.39 Å². The van der Waals surface area contributed by atoms with E-state index in [9.17, 15) is 19.4 Å². The van der Waals surface area contributed by atoms with Gasteiger partial charge in [0.1, 0.15) is 16.5 Å². The summed E-state index contributed by atoms with van der Waals surface area (Å²) in [5.41, 5.74) is -2.81. The highest BCUT2D eigenvalue weighted by atomic mass is 79.9. The molecule has 2 N–H and O–H groups in total. The zero-order valence-corrected chi connectivity index (χ0v) is 16.5. The van der Waals surface area contributed by atoms with Gasteiger partial charge < -0.3 is 14.9 Å². The molecule has 1 aromatic carbocycles. The fourth-order valence-corrected chi connectivity index (χ4v) is 4.03. The van der Waals surface area contributed by atoms with Gasteiger partial charge in [0.25, 0.3) is 5.95 Å². The minimum Gasteiger partial charge on any atom is -0.481 e. The van der Waals surface area contributed by atoms with Gasteiger partial charge in [0, 0.05) is 15.6 Å². The highest BCUT2D eigenvalue weighted by Gasteiger charge is 2.55. The second-order valence-electron chi connectivity index (χ2n) is 7.26. The number of fused-ring (bicyclic) bond motifs is 2. The van der Waals surface area contributed by atoms with E-state index in [4.69, 9.17) is 16.3 Å². The van der Waals surface area contributed by atoms with E-state index in [1.54, 1.807) is 32.9 Å². The summed E-state index contributed by atoms with van der Waals surface area (Å²) in [6.45, 7) is 5.07. The number of ether oxygens (including phenoxy) is 1. The van der Waals surface area contributed by atoms with Crippen LogP contribution in [0.2, 0.25) is 5.15 Å². The number of carbonyl (C=O) groups is 1. The standard InChI is InChI=1S/C18H16BrClFNO4/c1-17(2,3)14(16(23)24)18(25)9-6-8(19)4-5-11(9)26-13-10(18)7-12(20)22-15(13)21/h4-7,14,25H,1-3H3,(H,23,24). The molecule has 2 heterocycles. The van der Waals surface area contributed by atoms with E-state index in [2.05, 4.69) is 20.9 Å². The number of pyridine rings is 1. The summed E-state index contributed by atoms with van der Waals surface area (Å²) >= 11 is 9.21. The Kier molecular flexibility index (Phi) is 4.53. The SMILES string of the molecule is CC(C)(C)C(C(=O)O)C1(O)c2cc(Br)ccc2Oc2c1cc(Cl)nc2F. The lowest BCUT2D eigenvalue weighted by molar-refractivity contribution is -0.158. The van der Waals surface area contributed by atoms with Crippen molar-refractivity contribution < 1.29 is 24.1 Å². The maximum absolute atomic E-state index is 14.4. The predicted molar refractivity (Wildman–Crippen MR) is 97.0 cm³/mol. The van der Waals surface area contributed by atoms with Gasteiger partial charge in [-0.3, -0.25) is 4.79 Å². The van der Waals surface area contributed by atoms with Gasteiger partial charge in [0.15, 0.2) is 5.75 Å². The Morgan fingerprint density at radius 1 is 1.35 bits per heavy atom. The van der Waals surface area contributed by atoms with Crippen LogP contribution in [0.3, 0.4) is 0 Å². The summed E-state index contributed by atoms with van der Waals surface area (Å²) in [4.78, 5) is 15.7. The van der Waals surface area contributed by atoms with Crippen molar-refractivity contribution in [2.45, 2.75) is 26.4 Å². The highest BCUT2D eigenvalue weighted by Crippen LogP contribution is 2.55. The van der Waals surface area contributed by atoms with Crippen molar-refractivity contribution in [1.82, 2.24) is 4.98 Å².